The smallest absolute Gasteiger partial charge is 0.312 e. The summed E-state index contributed by atoms with van der Waals surface area (Å²) in [5.41, 5.74) is 0.847. The molecule has 0 bridgehead atoms. The van der Waals surface area contributed by atoms with Gasteiger partial charge < -0.3 is 4.74 Å². The first-order chi connectivity index (χ1) is 7.27. The summed E-state index contributed by atoms with van der Waals surface area (Å²) < 4.78 is 4.87. The van der Waals surface area contributed by atoms with Gasteiger partial charge in [-0.2, -0.15) is 0 Å². The normalized spacial score (nSPS) is 17.9. The molecule has 0 aromatic carbocycles. The number of methoxy groups -OCH3 is 1. The predicted octanol–water partition coefficient (Wildman–Crippen LogP) is 1.97. The average Bonchev–Trinajstić information content (AvgIpc) is 2.24. The summed E-state index contributed by atoms with van der Waals surface area (Å²) in [6.45, 7) is 0. The van der Waals surface area contributed by atoms with Crippen LogP contribution in [0, 0.1) is 5.41 Å². The van der Waals surface area contributed by atoms with E-state index in [4.69, 9.17) is 4.74 Å². The molecule has 3 heteroatoms. The van der Waals surface area contributed by atoms with Crippen LogP contribution < -0.4 is 0 Å². The van der Waals surface area contributed by atoms with Gasteiger partial charge in [0.05, 0.1) is 12.5 Å². The van der Waals surface area contributed by atoms with E-state index in [2.05, 4.69) is 4.98 Å². The number of hydrogen-bond donors (Lipinski definition) is 0. The van der Waals surface area contributed by atoms with Crippen LogP contribution in [0.2, 0.25) is 0 Å². The van der Waals surface area contributed by atoms with Gasteiger partial charge in [0.25, 0.3) is 0 Å². The second-order valence-electron chi connectivity index (χ2n) is 4.16. The molecule has 1 aromatic heterocycles. The summed E-state index contributed by atoms with van der Waals surface area (Å²) in [5, 5.41) is 0. The Labute approximate surface area is 89.5 Å². The number of carbonyl (C=O) groups is 1. The van der Waals surface area contributed by atoms with Crippen molar-refractivity contribution in [1.29, 1.82) is 0 Å². The molecule has 0 N–H and O–H groups in total. The molecule has 15 heavy (non-hydrogen) atoms. The van der Waals surface area contributed by atoms with Gasteiger partial charge in [-0.15, -0.1) is 0 Å². The molecule has 0 spiro atoms. The van der Waals surface area contributed by atoms with Crippen molar-refractivity contribution in [3.05, 3.63) is 30.1 Å². The lowest BCUT2D eigenvalue weighted by molar-refractivity contribution is -0.158. The van der Waals surface area contributed by atoms with E-state index in [0.29, 0.717) is 0 Å². The molecule has 80 valence electrons. The van der Waals surface area contributed by atoms with Gasteiger partial charge in [-0.05, 0) is 30.9 Å². The monoisotopic (exact) mass is 205 g/mol. The number of esters is 1. The van der Waals surface area contributed by atoms with E-state index < -0.39 is 0 Å². The van der Waals surface area contributed by atoms with Gasteiger partial charge in [-0.3, -0.25) is 9.78 Å². The minimum Gasteiger partial charge on any atom is -0.469 e. The highest BCUT2D eigenvalue weighted by atomic mass is 16.5. The quantitative estimate of drug-likeness (QED) is 0.708. The fourth-order valence-corrected chi connectivity index (χ4v) is 2.17. The summed E-state index contributed by atoms with van der Waals surface area (Å²) in [4.78, 5) is 15.7. The molecule has 1 saturated carbocycles. The van der Waals surface area contributed by atoms with Crippen molar-refractivity contribution < 1.29 is 9.53 Å². The topological polar surface area (TPSA) is 39.2 Å². The van der Waals surface area contributed by atoms with Gasteiger partial charge in [0.15, 0.2) is 0 Å². The van der Waals surface area contributed by atoms with E-state index in [-0.39, 0.29) is 11.4 Å². The maximum Gasteiger partial charge on any atom is 0.312 e. The molecule has 1 aromatic rings. The molecule has 1 aliphatic rings. The van der Waals surface area contributed by atoms with E-state index in [1.54, 1.807) is 6.20 Å². The Kier molecular flexibility index (Phi) is 2.71. The van der Waals surface area contributed by atoms with Crippen molar-refractivity contribution in [2.24, 2.45) is 5.41 Å². The standard InChI is InChI=1S/C12H15NO2/c1-15-11(14)12(5-3-6-12)8-10-4-2-7-13-9-10/h2,4,7,9H,3,5-6,8H2,1H3. The lowest BCUT2D eigenvalue weighted by atomic mass is 9.65. The molecule has 0 aliphatic heterocycles. The van der Waals surface area contributed by atoms with Crippen LogP contribution in [-0.2, 0) is 16.0 Å². The maximum atomic E-state index is 11.7. The number of rotatable bonds is 3. The van der Waals surface area contributed by atoms with E-state index in [0.717, 1.165) is 31.2 Å². The molecular weight excluding hydrogens is 190 g/mol. The van der Waals surface area contributed by atoms with Gasteiger partial charge in [0, 0.05) is 12.4 Å². The summed E-state index contributed by atoms with van der Waals surface area (Å²) in [7, 11) is 1.46. The van der Waals surface area contributed by atoms with Crippen molar-refractivity contribution in [2.45, 2.75) is 25.7 Å². The van der Waals surface area contributed by atoms with Crippen molar-refractivity contribution >= 4 is 5.97 Å². The zero-order valence-corrected chi connectivity index (χ0v) is 8.90. The van der Waals surface area contributed by atoms with Crippen LogP contribution in [0.5, 0.6) is 0 Å². The molecule has 0 atom stereocenters. The fraction of sp³-hybridized carbons (Fsp3) is 0.500. The maximum absolute atomic E-state index is 11.7. The lowest BCUT2D eigenvalue weighted by Crippen LogP contribution is -2.40. The molecule has 3 nitrogen and oxygen atoms in total. The third-order valence-corrected chi connectivity index (χ3v) is 3.19. The Bertz CT molecular complexity index is 344. The Morgan fingerprint density at radius 1 is 1.60 bits per heavy atom. The van der Waals surface area contributed by atoms with Gasteiger partial charge in [0.1, 0.15) is 0 Å². The zero-order chi connectivity index (χ0) is 10.7. The molecular formula is C12H15NO2. The van der Waals surface area contributed by atoms with Gasteiger partial charge in [0.2, 0.25) is 0 Å². The number of nitrogens with zero attached hydrogens (tertiary/aromatic N) is 1. The van der Waals surface area contributed by atoms with Gasteiger partial charge >= 0.3 is 5.97 Å². The van der Waals surface area contributed by atoms with Crippen molar-refractivity contribution in [3.8, 4) is 0 Å². The largest absolute Gasteiger partial charge is 0.469 e. The van der Waals surface area contributed by atoms with E-state index in [1.165, 1.54) is 7.11 Å². The Hall–Kier alpha value is -1.38. The third-order valence-electron chi connectivity index (χ3n) is 3.19. The van der Waals surface area contributed by atoms with Crippen molar-refractivity contribution in [3.63, 3.8) is 0 Å². The first-order valence-corrected chi connectivity index (χ1v) is 5.24. The highest BCUT2D eigenvalue weighted by molar-refractivity contribution is 5.78. The minimum absolute atomic E-state index is 0.0717. The zero-order valence-electron chi connectivity index (χ0n) is 8.90. The number of aromatic nitrogens is 1. The minimum atomic E-state index is -0.266. The summed E-state index contributed by atoms with van der Waals surface area (Å²) in [6.07, 6.45) is 7.32. The number of pyridine rings is 1. The molecule has 1 fully saturated rings. The number of carbonyl (C=O) groups excluding carboxylic acids is 1. The van der Waals surface area contributed by atoms with Crippen LogP contribution in [0.1, 0.15) is 24.8 Å². The molecule has 0 amide bonds. The highest BCUT2D eigenvalue weighted by Crippen LogP contribution is 2.44. The fourth-order valence-electron chi connectivity index (χ4n) is 2.17. The Morgan fingerprint density at radius 3 is 2.87 bits per heavy atom. The van der Waals surface area contributed by atoms with Gasteiger partial charge in [-0.25, -0.2) is 0 Å². The average molecular weight is 205 g/mol. The molecule has 1 heterocycles. The molecule has 1 aliphatic carbocycles. The molecule has 0 unspecified atom stereocenters. The second-order valence-corrected chi connectivity index (χ2v) is 4.16. The van der Waals surface area contributed by atoms with Crippen LogP contribution in [0.4, 0.5) is 0 Å². The SMILES string of the molecule is COC(=O)C1(Cc2cccnc2)CCC1. The Balaban J connectivity index is 2.12. The summed E-state index contributed by atoms with van der Waals surface area (Å²) >= 11 is 0. The first kappa shape index (κ1) is 10.1. The third kappa shape index (κ3) is 1.87. The molecule has 2 rings (SSSR count). The second kappa shape index (κ2) is 4.01. The summed E-state index contributed by atoms with van der Waals surface area (Å²) in [6, 6.07) is 3.91. The van der Waals surface area contributed by atoms with Crippen molar-refractivity contribution in [1.82, 2.24) is 4.98 Å². The molecule has 0 saturated heterocycles. The molecule has 0 radical (unpaired) electrons. The van der Waals surface area contributed by atoms with Crippen LogP contribution >= 0.6 is 0 Å². The number of hydrogen-bond acceptors (Lipinski definition) is 3. The van der Waals surface area contributed by atoms with E-state index in [9.17, 15) is 4.79 Å². The van der Waals surface area contributed by atoms with Crippen molar-refractivity contribution in [2.75, 3.05) is 7.11 Å². The van der Waals surface area contributed by atoms with Crippen LogP contribution in [0.25, 0.3) is 0 Å². The van der Waals surface area contributed by atoms with E-state index >= 15 is 0 Å². The van der Waals surface area contributed by atoms with Crippen LogP contribution in [0.3, 0.4) is 0 Å². The number of ether oxygens (including phenoxy) is 1. The van der Waals surface area contributed by atoms with Crippen LogP contribution in [0.15, 0.2) is 24.5 Å². The van der Waals surface area contributed by atoms with Gasteiger partial charge in [-0.1, -0.05) is 12.5 Å². The summed E-state index contributed by atoms with van der Waals surface area (Å²) in [5.74, 6) is -0.0717. The predicted molar refractivity (Wildman–Crippen MR) is 56.2 cm³/mol. The van der Waals surface area contributed by atoms with Crippen LogP contribution in [-0.4, -0.2) is 18.1 Å². The lowest BCUT2D eigenvalue weighted by Gasteiger charge is -2.38. The highest BCUT2D eigenvalue weighted by Gasteiger charge is 2.45. The Morgan fingerprint density at radius 2 is 2.40 bits per heavy atom. The van der Waals surface area contributed by atoms with E-state index in [1.807, 2.05) is 18.3 Å². The first-order valence-electron chi connectivity index (χ1n) is 5.24.